The van der Waals surface area contributed by atoms with Gasteiger partial charge in [0, 0.05) is 5.02 Å². The highest BCUT2D eigenvalue weighted by molar-refractivity contribution is 6.36. The number of hydrogen-bond acceptors (Lipinski definition) is 3. The van der Waals surface area contributed by atoms with E-state index in [1.165, 1.54) is 24.3 Å². The molecule has 0 radical (unpaired) electrons. The summed E-state index contributed by atoms with van der Waals surface area (Å²) in [7, 11) is 0. The van der Waals surface area contributed by atoms with Crippen molar-refractivity contribution in [3.05, 3.63) is 98.3 Å². The summed E-state index contributed by atoms with van der Waals surface area (Å²) in [4.78, 5) is 12.2. The molecule has 3 rings (SSSR count). The normalized spacial score (nSPS) is 11.0. The first-order valence-corrected chi connectivity index (χ1v) is 9.86. The number of nitrogens with zero attached hydrogens (tertiary/aromatic N) is 1. The second kappa shape index (κ2) is 9.74. The lowest BCUT2D eigenvalue weighted by molar-refractivity contribution is 0.0955. The summed E-state index contributed by atoms with van der Waals surface area (Å²) in [5.41, 5.74) is 6.27. The van der Waals surface area contributed by atoms with E-state index in [1.54, 1.807) is 24.4 Å². The average molecular weight is 445 g/mol. The zero-order valence-electron chi connectivity index (χ0n) is 16.4. The summed E-state index contributed by atoms with van der Waals surface area (Å²) in [5.74, 6) is 0.0502. The molecule has 7 heteroatoms. The van der Waals surface area contributed by atoms with Crippen LogP contribution in [-0.2, 0) is 6.61 Å². The van der Waals surface area contributed by atoms with Gasteiger partial charge in [0.25, 0.3) is 5.91 Å². The minimum atomic E-state index is -0.430. The van der Waals surface area contributed by atoms with Gasteiger partial charge in [-0.25, -0.2) is 9.82 Å². The Labute approximate surface area is 184 Å². The molecule has 30 heavy (non-hydrogen) atoms. The predicted molar refractivity (Wildman–Crippen MR) is 118 cm³/mol. The van der Waals surface area contributed by atoms with Crippen LogP contribution >= 0.6 is 23.2 Å². The van der Waals surface area contributed by atoms with Crippen LogP contribution in [-0.4, -0.2) is 12.1 Å². The van der Waals surface area contributed by atoms with Gasteiger partial charge in [-0.15, -0.1) is 0 Å². The molecule has 1 N–H and O–H groups in total. The fraction of sp³-hybridized carbons (Fsp3) is 0.130. The molecule has 0 aromatic heterocycles. The number of hydrazone groups is 1. The lowest BCUT2D eigenvalue weighted by atomic mass is 10.1. The molecule has 3 aromatic carbocycles. The lowest BCUT2D eigenvalue weighted by Gasteiger charge is -2.13. The fourth-order valence-corrected chi connectivity index (χ4v) is 3.42. The molecular formula is C23H19Cl2FN2O2. The highest BCUT2D eigenvalue weighted by atomic mass is 35.5. The summed E-state index contributed by atoms with van der Waals surface area (Å²) >= 11 is 11.9. The molecule has 0 aliphatic carbocycles. The second-order valence-electron chi connectivity index (χ2n) is 6.72. The molecule has 0 unspecified atom stereocenters. The van der Waals surface area contributed by atoms with Gasteiger partial charge in [0.15, 0.2) is 0 Å². The summed E-state index contributed by atoms with van der Waals surface area (Å²) in [6, 6.07) is 14.6. The van der Waals surface area contributed by atoms with Crippen molar-refractivity contribution in [3.8, 4) is 5.75 Å². The summed E-state index contributed by atoms with van der Waals surface area (Å²) in [6.45, 7) is 4.19. The molecule has 154 valence electrons. The average Bonchev–Trinajstić information content (AvgIpc) is 2.68. The van der Waals surface area contributed by atoms with Gasteiger partial charge in [-0.2, -0.15) is 5.10 Å². The van der Waals surface area contributed by atoms with Crippen molar-refractivity contribution in [1.29, 1.82) is 0 Å². The second-order valence-corrected chi connectivity index (χ2v) is 7.57. The highest BCUT2D eigenvalue weighted by Crippen LogP contribution is 2.25. The Hall–Kier alpha value is -2.89. The van der Waals surface area contributed by atoms with Crippen molar-refractivity contribution in [2.24, 2.45) is 5.10 Å². The summed E-state index contributed by atoms with van der Waals surface area (Å²) in [5, 5.41) is 4.71. The molecule has 0 heterocycles. The van der Waals surface area contributed by atoms with Crippen LogP contribution in [0.5, 0.6) is 5.75 Å². The molecule has 3 aromatic rings. The maximum absolute atomic E-state index is 13.0. The molecule has 0 bridgehead atoms. The molecule has 0 aliphatic rings. The summed E-state index contributed by atoms with van der Waals surface area (Å²) < 4.78 is 18.9. The van der Waals surface area contributed by atoms with Gasteiger partial charge in [-0.1, -0.05) is 35.3 Å². The van der Waals surface area contributed by atoms with Crippen LogP contribution in [0.15, 0.2) is 59.7 Å². The first kappa shape index (κ1) is 21.8. The van der Waals surface area contributed by atoms with Crippen LogP contribution in [0.25, 0.3) is 0 Å². The molecule has 4 nitrogen and oxygen atoms in total. The molecule has 0 spiro atoms. The largest absolute Gasteiger partial charge is 0.488 e. The summed E-state index contributed by atoms with van der Waals surface area (Å²) in [6.07, 6.45) is 1.55. The van der Waals surface area contributed by atoms with Crippen molar-refractivity contribution in [3.63, 3.8) is 0 Å². The lowest BCUT2D eigenvalue weighted by Crippen LogP contribution is -2.18. The molecule has 0 atom stereocenters. The third-order valence-corrected chi connectivity index (χ3v) is 4.88. The minimum absolute atomic E-state index is 0.254. The van der Waals surface area contributed by atoms with Crippen LogP contribution in [0.2, 0.25) is 10.0 Å². The number of carbonyl (C=O) groups excluding carboxylic acids is 1. The number of carbonyl (C=O) groups is 1. The SMILES string of the molecule is Cc1cc(/C=N\NC(=O)c2ccc(Cl)cc2Cl)cc(C)c1OCc1ccc(F)cc1. The van der Waals surface area contributed by atoms with E-state index in [9.17, 15) is 9.18 Å². The van der Waals surface area contributed by atoms with Crippen LogP contribution in [0.4, 0.5) is 4.39 Å². The van der Waals surface area contributed by atoms with Crippen LogP contribution in [0.1, 0.15) is 32.6 Å². The molecule has 0 aliphatic heterocycles. The Kier molecular flexibility index (Phi) is 7.08. The Morgan fingerprint density at radius 3 is 2.37 bits per heavy atom. The van der Waals surface area contributed by atoms with Gasteiger partial charge in [0.1, 0.15) is 18.2 Å². The number of nitrogens with one attached hydrogen (secondary N) is 1. The van der Waals surface area contributed by atoms with E-state index in [4.69, 9.17) is 27.9 Å². The Morgan fingerprint density at radius 2 is 1.73 bits per heavy atom. The van der Waals surface area contributed by atoms with E-state index >= 15 is 0 Å². The topological polar surface area (TPSA) is 50.7 Å². The number of hydrogen-bond donors (Lipinski definition) is 1. The van der Waals surface area contributed by atoms with Gasteiger partial charge in [-0.3, -0.25) is 4.79 Å². The van der Waals surface area contributed by atoms with Crippen LogP contribution in [0, 0.1) is 19.7 Å². The molecule has 1 amide bonds. The monoisotopic (exact) mass is 444 g/mol. The Bertz CT molecular complexity index is 1080. The number of amides is 1. The maximum Gasteiger partial charge on any atom is 0.272 e. The van der Waals surface area contributed by atoms with Crippen molar-refractivity contribution >= 4 is 35.3 Å². The molecule has 0 saturated carbocycles. The predicted octanol–water partition coefficient (Wildman–Crippen LogP) is 6.09. The minimum Gasteiger partial charge on any atom is -0.488 e. The van der Waals surface area contributed by atoms with E-state index in [1.807, 2.05) is 26.0 Å². The third kappa shape index (κ3) is 5.59. The van der Waals surface area contributed by atoms with E-state index in [-0.39, 0.29) is 16.4 Å². The van der Waals surface area contributed by atoms with Gasteiger partial charge >= 0.3 is 0 Å². The first-order valence-electron chi connectivity index (χ1n) is 9.10. The van der Waals surface area contributed by atoms with Gasteiger partial charge in [0.2, 0.25) is 0 Å². The quantitative estimate of drug-likeness (QED) is 0.369. The zero-order valence-corrected chi connectivity index (χ0v) is 17.9. The van der Waals surface area contributed by atoms with Gasteiger partial charge in [0.05, 0.1) is 16.8 Å². The number of ether oxygens (including phenoxy) is 1. The zero-order chi connectivity index (χ0) is 21.7. The van der Waals surface area contributed by atoms with Crippen molar-refractivity contribution in [1.82, 2.24) is 5.43 Å². The molecule has 0 fully saturated rings. The fourth-order valence-electron chi connectivity index (χ4n) is 2.92. The highest BCUT2D eigenvalue weighted by Gasteiger charge is 2.10. The number of halogens is 3. The van der Waals surface area contributed by atoms with E-state index in [2.05, 4.69) is 10.5 Å². The van der Waals surface area contributed by atoms with E-state index in [0.717, 1.165) is 28.0 Å². The van der Waals surface area contributed by atoms with Crippen LogP contribution < -0.4 is 10.2 Å². The standard InChI is InChI=1S/C23H19Cl2FN2O2/c1-14-9-17(12-27-28-23(29)20-8-5-18(24)11-21(20)25)10-15(2)22(14)30-13-16-3-6-19(26)7-4-16/h3-12H,13H2,1-2H3,(H,28,29)/b27-12-. The van der Waals surface area contributed by atoms with Gasteiger partial charge in [-0.05, 0) is 78.6 Å². The van der Waals surface area contributed by atoms with Gasteiger partial charge < -0.3 is 4.74 Å². The van der Waals surface area contributed by atoms with Crippen molar-refractivity contribution in [2.75, 3.05) is 0 Å². The van der Waals surface area contributed by atoms with Crippen LogP contribution in [0.3, 0.4) is 0 Å². The number of aryl methyl sites for hydroxylation is 2. The Morgan fingerprint density at radius 1 is 1.07 bits per heavy atom. The van der Waals surface area contributed by atoms with E-state index in [0.29, 0.717) is 11.6 Å². The number of benzene rings is 3. The van der Waals surface area contributed by atoms with Crippen molar-refractivity contribution < 1.29 is 13.9 Å². The van der Waals surface area contributed by atoms with Crippen molar-refractivity contribution in [2.45, 2.75) is 20.5 Å². The number of rotatable bonds is 6. The smallest absolute Gasteiger partial charge is 0.272 e. The third-order valence-electron chi connectivity index (χ3n) is 4.33. The molecular weight excluding hydrogens is 426 g/mol. The maximum atomic E-state index is 13.0. The Balaban J connectivity index is 1.65. The van der Waals surface area contributed by atoms with E-state index < -0.39 is 5.91 Å². The first-order chi connectivity index (χ1) is 14.3. The molecule has 0 saturated heterocycles.